The second kappa shape index (κ2) is 9.77. The van der Waals surface area contributed by atoms with Gasteiger partial charge in [0.15, 0.2) is 29.3 Å². The number of aromatic nitrogens is 4. The summed E-state index contributed by atoms with van der Waals surface area (Å²) in [4.78, 5) is 37.2. The Bertz CT molecular complexity index is 1350. The van der Waals surface area contributed by atoms with Gasteiger partial charge in [0.05, 0.1) is 17.5 Å². The normalized spacial score (nSPS) is 21.7. The van der Waals surface area contributed by atoms with Crippen molar-refractivity contribution in [2.75, 3.05) is 6.61 Å². The first kappa shape index (κ1) is 22.9. The Morgan fingerprint density at radius 3 is 2.31 bits per heavy atom. The topological polar surface area (TPSA) is 105 Å². The van der Waals surface area contributed by atoms with Gasteiger partial charge in [0, 0.05) is 0 Å². The van der Waals surface area contributed by atoms with Gasteiger partial charge in [0.25, 0.3) is 0 Å². The van der Waals surface area contributed by atoms with E-state index in [-0.39, 0.29) is 28.5 Å². The van der Waals surface area contributed by atoms with E-state index in [0.717, 1.165) is 0 Å². The maximum Gasteiger partial charge on any atom is 0.338 e. The highest BCUT2D eigenvalue weighted by molar-refractivity contribution is 6.33. The minimum atomic E-state index is -1.82. The van der Waals surface area contributed by atoms with E-state index < -0.39 is 36.5 Å². The fourth-order valence-corrected chi connectivity index (χ4v) is 3.96. The molecule has 35 heavy (non-hydrogen) atoms. The van der Waals surface area contributed by atoms with E-state index in [1.54, 1.807) is 60.7 Å². The molecule has 2 aromatic carbocycles. The summed E-state index contributed by atoms with van der Waals surface area (Å²) in [6.45, 7) is -0.347. The van der Waals surface area contributed by atoms with Gasteiger partial charge in [-0.3, -0.25) is 4.57 Å². The van der Waals surface area contributed by atoms with Crippen molar-refractivity contribution in [1.29, 1.82) is 0 Å². The van der Waals surface area contributed by atoms with Gasteiger partial charge < -0.3 is 14.2 Å². The summed E-state index contributed by atoms with van der Waals surface area (Å²) in [6.07, 6.45) is -3.01. The maximum absolute atomic E-state index is 15.8. The summed E-state index contributed by atoms with van der Waals surface area (Å²) in [5.74, 6) is -1.35. The third-order valence-electron chi connectivity index (χ3n) is 5.50. The Hall–Kier alpha value is -3.89. The molecule has 11 heteroatoms. The second-order valence-electron chi connectivity index (χ2n) is 7.70. The molecule has 0 aliphatic carbocycles. The van der Waals surface area contributed by atoms with Gasteiger partial charge in [-0.1, -0.05) is 48.0 Å². The van der Waals surface area contributed by atoms with Crippen LogP contribution in [0.15, 0.2) is 73.3 Å². The number of rotatable bonds is 6. The number of nitrogens with zero attached hydrogens (tertiary/aromatic N) is 4. The molecule has 0 radical (unpaired) electrons. The SMILES string of the molecule is O=C(OC[C@@H]1O[C@H](n2cnc3c(Cl)ncnc32)[C@H](F)[C@H]1OC(=O)c1ccccc1)c1ccccc1. The number of imidazole rings is 1. The zero-order valence-electron chi connectivity index (χ0n) is 18.0. The molecule has 0 saturated carbocycles. The first-order chi connectivity index (χ1) is 17.0. The number of halogens is 2. The van der Waals surface area contributed by atoms with Crippen LogP contribution in [-0.4, -0.2) is 56.4 Å². The number of benzene rings is 2. The number of carbonyl (C=O) groups excluding carboxylic acids is 2. The van der Waals surface area contributed by atoms with Gasteiger partial charge in [0.2, 0.25) is 0 Å². The molecule has 5 rings (SSSR count). The Labute approximate surface area is 203 Å². The van der Waals surface area contributed by atoms with E-state index in [2.05, 4.69) is 15.0 Å². The number of esters is 2. The molecular formula is C24H18ClFN4O5. The molecule has 1 aliphatic heterocycles. The van der Waals surface area contributed by atoms with Crippen LogP contribution in [0, 0.1) is 0 Å². The van der Waals surface area contributed by atoms with Crippen LogP contribution in [0.4, 0.5) is 4.39 Å². The maximum atomic E-state index is 15.8. The van der Waals surface area contributed by atoms with Gasteiger partial charge in [0.1, 0.15) is 24.6 Å². The summed E-state index contributed by atoms with van der Waals surface area (Å²) in [5.41, 5.74) is 1.08. The third kappa shape index (κ3) is 4.58. The molecule has 4 atom stereocenters. The van der Waals surface area contributed by atoms with Crippen molar-refractivity contribution < 1.29 is 28.2 Å². The molecule has 9 nitrogen and oxygen atoms in total. The predicted octanol–water partition coefficient (Wildman–Crippen LogP) is 3.80. The van der Waals surface area contributed by atoms with Gasteiger partial charge >= 0.3 is 11.9 Å². The molecule has 3 heterocycles. The number of ether oxygens (including phenoxy) is 3. The van der Waals surface area contributed by atoms with Crippen molar-refractivity contribution in [3.05, 3.63) is 89.6 Å². The Morgan fingerprint density at radius 1 is 0.971 bits per heavy atom. The quantitative estimate of drug-likeness (QED) is 0.293. The lowest BCUT2D eigenvalue weighted by atomic mass is 10.1. The Kier molecular flexibility index (Phi) is 6.39. The van der Waals surface area contributed by atoms with E-state index in [0.29, 0.717) is 5.56 Å². The summed E-state index contributed by atoms with van der Waals surface area (Å²) in [5, 5.41) is 0.0996. The van der Waals surface area contributed by atoms with Crippen molar-refractivity contribution in [1.82, 2.24) is 19.5 Å². The number of alkyl halides is 1. The molecule has 0 bridgehead atoms. The van der Waals surface area contributed by atoms with Crippen molar-refractivity contribution in [2.45, 2.75) is 24.6 Å². The summed E-state index contributed by atoms with van der Waals surface area (Å²) in [6, 6.07) is 16.5. The molecular weight excluding hydrogens is 479 g/mol. The van der Waals surface area contributed by atoms with Crippen LogP contribution < -0.4 is 0 Å². The molecule has 0 spiro atoms. The lowest BCUT2D eigenvalue weighted by molar-refractivity contribution is -0.0570. The Balaban J connectivity index is 1.40. The monoisotopic (exact) mass is 496 g/mol. The second-order valence-corrected chi connectivity index (χ2v) is 8.06. The molecule has 1 saturated heterocycles. The number of fused-ring (bicyclic) bond motifs is 1. The molecule has 0 unspecified atom stereocenters. The van der Waals surface area contributed by atoms with Crippen molar-refractivity contribution in [2.24, 2.45) is 0 Å². The predicted molar refractivity (Wildman–Crippen MR) is 122 cm³/mol. The molecule has 0 amide bonds. The number of carbonyl (C=O) groups is 2. The lowest BCUT2D eigenvalue weighted by Crippen LogP contribution is -2.37. The first-order valence-electron chi connectivity index (χ1n) is 10.6. The standard InChI is InChI=1S/C24H18ClFN4O5/c25-20-18-21(28-12-27-20)30(13-29-18)22-17(26)19(35-24(32)15-9-5-2-6-10-15)16(34-22)11-33-23(31)14-7-3-1-4-8-14/h1-10,12-13,16-17,19,22H,11H2/t16-,17+,19-,22-/m0/s1. The fourth-order valence-electron chi connectivity index (χ4n) is 3.78. The van der Waals surface area contributed by atoms with Crippen LogP contribution in [0.1, 0.15) is 26.9 Å². The molecule has 178 valence electrons. The van der Waals surface area contributed by atoms with Gasteiger partial charge in [-0.15, -0.1) is 0 Å². The smallest absolute Gasteiger partial charge is 0.338 e. The van der Waals surface area contributed by atoms with Crippen molar-refractivity contribution >= 4 is 34.7 Å². The first-order valence-corrected chi connectivity index (χ1v) is 11.0. The van der Waals surface area contributed by atoms with Crippen LogP contribution in [0.2, 0.25) is 5.15 Å². The summed E-state index contributed by atoms with van der Waals surface area (Å²) >= 11 is 6.06. The van der Waals surface area contributed by atoms with Gasteiger partial charge in [-0.05, 0) is 24.3 Å². The summed E-state index contributed by atoms with van der Waals surface area (Å²) < 4.78 is 33.8. The highest BCUT2D eigenvalue weighted by Crippen LogP contribution is 2.36. The number of hydrogen-bond acceptors (Lipinski definition) is 8. The largest absolute Gasteiger partial charge is 0.459 e. The van der Waals surface area contributed by atoms with E-state index in [1.165, 1.54) is 17.2 Å². The van der Waals surface area contributed by atoms with Gasteiger partial charge in [-0.25, -0.2) is 28.9 Å². The average molecular weight is 497 g/mol. The van der Waals surface area contributed by atoms with Crippen LogP contribution in [0.5, 0.6) is 0 Å². The fraction of sp³-hybridized carbons (Fsp3) is 0.208. The molecule has 1 fully saturated rings. The lowest BCUT2D eigenvalue weighted by Gasteiger charge is -2.19. The van der Waals surface area contributed by atoms with E-state index in [9.17, 15) is 9.59 Å². The molecule has 1 aliphatic rings. The van der Waals surface area contributed by atoms with E-state index in [1.807, 2.05) is 0 Å². The highest BCUT2D eigenvalue weighted by Gasteiger charge is 2.49. The Morgan fingerprint density at radius 2 is 1.63 bits per heavy atom. The average Bonchev–Trinajstić information content (AvgIpc) is 3.45. The molecule has 4 aromatic rings. The molecule has 0 N–H and O–H groups in total. The van der Waals surface area contributed by atoms with Crippen LogP contribution in [-0.2, 0) is 14.2 Å². The molecule has 2 aromatic heterocycles. The van der Waals surface area contributed by atoms with E-state index >= 15 is 4.39 Å². The number of hydrogen-bond donors (Lipinski definition) is 0. The third-order valence-corrected chi connectivity index (χ3v) is 5.77. The zero-order chi connectivity index (χ0) is 24.4. The van der Waals surface area contributed by atoms with E-state index in [4.69, 9.17) is 25.8 Å². The minimum absolute atomic E-state index is 0.0996. The highest BCUT2D eigenvalue weighted by atomic mass is 35.5. The minimum Gasteiger partial charge on any atom is -0.459 e. The van der Waals surface area contributed by atoms with Gasteiger partial charge in [-0.2, -0.15) is 0 Å². The summed E-state index contributed by atoms with van der Waals surface area (Å²) in [7, 11) is 0. The van der Waals surface area contributed by atoms with Crippen molar-refractivity contribution in [3.63, 3.8) is 0 Å². The zero-order valence-corrected chi connectivity index (χ0v) is 18.8. The van der Waals surface area contributed by atoms with Crippen LogP contribution in [0.3, 0.4) is 0 Å². The van der Waals surface area contributed by atoms with Crippen LogP contribution in [0.25, 0.3) is 11.2 Å². The van der Waals surface area contributed by atoms with Crippen molar-refractivity contribution in [3.8, 4) is 0 Å². The van der Waals surface area contributed by atoms with Crippen LogP contribution >= 0.6 is 11.6 Å².